The van der Waals surface area contributed by atoms with Crippen molar-refractivity contribution in [2.75, 3.05) is 5.73 Å². The van der Waals surface area contributed by atoms with Gasteiger partial charge >= 0.3 is 0 Å². The zero-order valence-electron chi connectivity index (χ0n) is 9.52. The van der Waals surface area contributed by atoms with Crippen LogP contribution in [-0.2, 0) is 10.1 Å². The second kappa shape index (κ2) is 4.49. The van der Waals surface area contributed by atoms with Crippen molar-refractivity contribution in [3.8, 4) is 0 Å². The van der Waals surface area contributed by atoms with Gasteiger partial charge in [-0.25, -0.2) is 26.3 Å². The van der Waals surface area contributed by atoms with E-state index < -0.39 is 66.4 Å². The Morgan fingerprint density at radius 1 is 0.714 bits per heavy atom. The number of rotatable bonds is 1. The Balaban J connectivity index is 3.35. The monoisotopic (exact) mass is 331 g/mol. The van der Waals surface area contributed by atoms with Gasteiger partial charge in [0, 0.05) is 0 Å². The summed E-state index contributed by atoms with van der Waals surface area (Å²) in [6.07, 6.45) is 0. The van der Waals surface area contributed by atoms with Crippen molar-refractivity contribution in [3.63, 3.8) is 0 Å². The lowest BCUT2D eigenvalue weighted by molar-refractivity contribution is 0.414. The first-order valence-corrected chi connectivity index (χ1v) is 6.33. The smallest absolute Gasteiger partial charge is 0.298 e. The molecule has 3 N–H and O–H groups in total. The van der Waals surface area contributed by atoms with E-state index in [0.717, 1.165) is 0 Å². The first-order chi connectivity index (χ1) is 9.50. The van der Waals surface area contributed by atoms with Crippen LogP contribution >= 0.6 is 0 Å². The molecule has 0 heterocycles. The van der Waals surface area contributed by atoms with Crippen molar-refractivity contribution in [2.24, 2.45) is 0 Å². The van der Waals surface area contributed by atoms with E-state index in [4.69, 9.17) is 10.3 Å². The lowest BCUT2D eigenvalue weighted by atomic mass is 10.1. The predicted molar refractivity (Wildman–Crippen MR) is 57.9 cm³/mol. The summed E-state index contributed by atoms with van der Waals surface area (Å²) in [6.45, 7) is 0. The average molecular weight is 331 g/mol. The van der Waals surface area contributed by atoms with E-state index in [1.807, 2.05) is 0 Å². The molecule has 0 aliphatic rings. The van der Waals surface area contributed by atoms with Crippen LogP contribution in [0, 0.1) is 34.9 Å². The van der Waals surface area contributed by atoms with Gasteiger partial charge in [0.1, 0.15) is 4.90 Å². The second-order valence-corrected chi connectivity index (χ2v) is 5.21. The van der Waals surface area contributed by atoms with E-state index in [1.165, 1.54) is 0 Å². The Labute approximate surface area is 112 Å². The zero-order chi connectivity index (χ0) is 16.3. The number of nitrogens with two attached hydrogens (primary N) is 1. The molecule has 0 aliphatic carbocycles. The van der Waals surface area contributed by atoms with E-state index in [0.29, 0.717) is 0 Å². The first kappa shape index (κ1) is 15.4. The fraction of sp³-hybridized carbons (Fsp3) is 0. The van der Waals surface area contributed by atoms with Gasteiger partial charge in [-0.1, -0.05) is 0 Å². The standard InChI is InChI=1S/C10H3F6NO3S/c11-3-1-2(4(12)6(14)5(3)13)10(21(18,19)20)8(16)7(15)9(1)17/h17H2,(H,18,19,20). The quantitative estimate of drug-likeness (QED) is 0.277. The van der Waals surface area contributed by atoms with Crippen LogP contribution in [0.15, 0.2) is 4.90 Å². The third kappa shape index (κ3) is 2.00. The first-order valence-electron chi connectivity index (χ1n) is 4.89. The summed E-state index contributed by atoms with van der Waals surface area (Å²) in [6, 6.07) is 0. The number of benzene rings is 2. The van der Waals surface area contributed by atoms with Crippen LogP contribution in [0.4, 0.5) is 32.0 Å². The van der Waals surface area contributed by atoms with Gasteiger partial charge in [0.2, 0.25) is 0 Å². The molecule has 0 fully saturated rings. The number of nitrogen functional groups attached to an aromatic ring is 1. The second-order valence-electron chi connectivity index (χ2n) is 3.85. The van der Waals surface area contributed by atoms with Crippen LogP contribution in [-0.4, -0.2) is 13.0 Å². The lowest BCUT2D eigenvalue weighted by Gasteiger charge is -2.12. The molecule has 0 amide bonds. The molecule has 0 aromatic heterocycles. The Hall–Kier alpha value is -2.01. The van der Waals surface area contributed by atoms with E-state index >= 15 is 0 Å². The van der Waals surface area contributed by atoms with Crippen LogP contribution in [0.25, 0.3) is 10.8 Å². The molecule has 11 heteroatoms. The largest absolute Gasteiger partial charge is 0.396 e. The van der Waals surface area contributed by atoms with Gasteiger partial charge in [0.15, 0.2) is 34.9 Å². The third-order valence-corrected chi connectivity index (χ3v) is 3.55. The molecule has 2 rings (SSSR count). The van der Waals surface area contributed by atoms with Crippen molar-refractivity contribution in [1.29, 1.82) is 0 Å². The average Bonchev–Trinajstić information content (AvgIpc) is 2.38. The van der Waals surface area contributed by atoms with E-state index in [1.54, 1.807) is 0 Å². The zero-order valence-corrected chi connectivity index (χ0v) is 10.3. The van der Waals surface area contributed by atoms with Gasteiger partial charge in [-0.05, 0) is 0 Å². The molecule has 114 valence electrons. The highest BCUT2D eigenvalue weighted by atomic mass is 32.2. The van der Waals surface area contributed by atoms with Crippen molar-refractivity contribution < 1.29 is 39.3 Å². The maximum atomic E-state index is 13.6. The normalized spacial score (nSPS) is 12.1. The van der Waals surface area contributed by atoms with Crippen molar-refractivity contribution in [2.45, 2.75) is 4.90 Å². The highest BCUT2D eigenvalue weighted by Gasteiger charge is 2.33. The molecular weight excluding hydrogens is 328 g/mol. The molecule has 0 spiro atoms. The van der Waals surface area contributed by atoms with E-state index in [9.17, 15) is 34.8 Å². The lowest BCUT2D eigenvalue weighted by Crippen LogP contribution is -2.12. The summed E-state index contributed by atoms with van der Waals surface area (Å²) in [7, 11) is -5.63. The summed E-state index contributed by atoms with van der Waals surface area (Å²) in [4.78, 5) is -2.08. The molecule has 0 aliphatic heterocycles. The van der Waals surface area contributed by atoms with E-state index in [2.05, 4.69) is 0 Å². The third-order valence-electron chi connectivity index (χ3n) is 2.65. The minimum atomic E-state index is -5.63. The van der Waals surface area contributed by atoms with E-state index in [-0.39, 0.29) is 0 Å². The van der Waals surface area contributed by atoms with Crippen LogP contribution in [0.3, 0.4) is 0 Å². The molecule has 0 saturated carbocycles. The van der Waals surface area contributed by atoms with Gasteiger partial charge in [0.25, 0.3) is 10.1 Å². The minimum Gasteiger partial charge on any atom is -0.396 e. The van der Waals surface area contributed by atoms with Gasteiger partial charge < -0.3 is 5.73 Å². The number of anilines is 1. The van der Waals surface area contributed by atoms with Crippen LogP contribution in [0.5, 0.6) is 0 Å². The number of fused-ring (bicyclic) bond motifs is 1. The van der Waals surface area contributed by atoms with Gasteiger partial charge in [-0.2, -0.15) is 8.42 Å². The molecule has 2 aromatic rings. The van der Waals surface area contributed by atoms with Crippen LogP contribution in [0.1, 0.15) is 0 Å². The molecular formula is C10H3F6NO3S. The highest BCUT2D eigenvalue weighted by molar-refractivity contribution is 7.86. The summed E-state index contributed by atoms with van der Waals surface area (Å²) >= 11 is 0. The summed E-state index contributed by atoms with van der Waals surface area (Å²) < 4.78 is 111. The van der Waals surface area contributed by atoms with Crippen LogP contribution in [0.2, 0.25) is 0 Å². The SMILES string of the molecule is Nc1c(F)c(F)c(S(=O)(=O)O)c2c(F)c(F)c(F)c(F)c12. The molecule has 0 radical (unpaired) electrons. The Morgan fingerprint density at radius 3 is 1.57 bits per heavy atom. The fourth-order valence-electron chi connectivity index (χ4n) is 1.78. The maximum absolute atomic E-state index is 13.6. The van der Waals surface area contributed by atoms with Crippen molar-refractivity contribution in [3.05, 3.63) is 34.9 Å². The Morgan fingerprint density at radius 2 is 1.14 bits per heavy atom. The van der Waals surface area contributed by atoms with Crippen molar-refractivity contribution in [1.82, 2.24) is 0 Å². The summed E-state index contributed by atoms with van der Waals surface area (Å²) in [5.41, 5.74) is 3.45. The van der Waals surface area contributed by atoms with Gasteiger partial charge in [-0.15, -0.1) is 0 Å². The molecule has 4 nitrogen and oxygen atoms in total. The molecule has 21 heavy (non-hydrogen) atoms. The molecule has 2 aromatic carbocycles. The van der Waals surface area contributed by atoms with Gasteiger partial charge in [0.05, 0.1) is 16.5 Å². The summed E-state index contributed by atoms with van der Waals surface area (Å²) in [5, 5.41) is -3.27. The number of hydrogen-bond acceptors (Lipinski definition) is 3. The minimum absolute atomic E-state index is 1.48. The molecule has 0 unspecified atom stereocenters. The Bertz CT molecular complexity index is 888. The number of hydrogen-bond donors (Lipinski definition) is 2. The molecule has 0 saturated heterocycles. The number of halogens is 6. The maximum Gasteiger partial charge on any atom is 0.298 e. The predicted octanol–water partition coefficient (Wildman–Crippen LogP) is 2.50. The Kier molecular flexibility index (Phi) is 3.29. The molecule has 0 bridgehead atoms. The van der Waals surface area contributed by atoms with Gasteiger partial charge in [-0.3, -0.25) is 4.55 Å². The fourth-order valence-corrected chi connectivity index (χ4v) is 2.54. The summed E-state index contributed by atoms with van der Waals surface area (Å²) in [5.74, 6) is -14.0. The topological polar surface area (TPSA) is 80.4 Å². The molecule has 0 atom stereocenters. The van der Waals surface area contributed by atoms with Crippen LogP contribution < -0.4 is 5.73 Å². The van der Waals surface area contributed by atoms with Crippen molar-refractivity contribution >= 4 is 26.6 Å². The highest BCUT2D eigenvalue weighted by Crippen LogP contribution is 2.38.